The summed E-state index contributed by atoms with van der Waals surface area (Å²) in [5, 5.41) is 11.3. The summed E-state index contributed by atoms with van der Waals surface area (Å²) >= 11 is 1.77. The van der Waals surface area contributed by atoms with Crippen LogP contribution in [0.1, 0.15) is 0 Å². The number of thiophene rings is 1. The van der Waals surface area contributed by atoms with Crippen molar-refractivity contribution < 1.29 is 0 Å². The molecule has 8 aromatic carbocycles. The van der Waals surface area contributed by atoms with E-state index in [-0.39, 0.29) is 0 Å². The monoisotopic (exact) mass is 716 g/mol. The van der Waals surface area contributed by atoms with Crippen molar-refractivity contribution in [1.82, 2.24) is 18.9 Å². The zero-order valence-corrected chi connectivity index (χ0v) is 30.2. The number of nitrogens with zero attached hydrogens (tertiary/aromatic N) is 4. The van der Waals surface area contributed by atoms with Gasteiger partial charge in [0.15, 0.2) is 5.82 Å². The topological polar surface area (TPSA) is 35.1 Å². The van der Waals surface area contributed by atoms with Gasteiger partial charge >= 0.3 is 0 Å². The zero-order valence-electron chi connectivity index (χ0n) is 29.4. The highest BCUT2D eigenvalue weighted by atomic mass is 32.1. The lowest BCUT2D eigenvalue weighted by molar-refractivity contribution is 1.19. The molecule has 0 saturated heterocycles. The Hall–Kier alpha value is -7.08. The molecule has 0 fully saturated rings. The molecule has 13 rings (SSSR count). The predicted octanol–water partition coefficient (Wildman–Crippen LogP) is 13.6. The number of fused-ring (bicyclic) bond motifs is 15. The van der Waals surface area contributed by atoms with Crippen LogP contribution in [-0.2, 0) is 0 Å². The first-order chi connectivity index (χ1) is 27.3. The Morgan fingerprint density at radius 1 is 0.436 bits per heavy atom. The van der Waals surface area contributed by atoms with Crippen LogP contribution in [0.2, 0.25) is 0 Å². The van der Waals surface area contributed by atoms with Crippen LogP contribution in [0.4, 0.5) is 0 Å². The first kappa shape index (κ1) is 29.4. The summed E-state index contributed by atoms with van der Waals surface area (Å²) in [5.41, 5.74) is 11.4. The van der Waals surface area contributed by atoms with E-state index in [1.165, 1.54) is 80.8 Å². The molecular formula is C50H28N4S. The molecule has 0 unspecified atom stereocenters. The summed E-state index contributed by atoms with van der Waals surface area (Å²) in [7, 11) is 0. The molecule has 0 amide bonds. The van der Waals surface area contributed by atoms with E-state index in [0.29, 0.717) is 0 Å². The Morgan fingerprint density at radius 3 is 1.95 bits per heavy atom. The molecule has 254 valence electrons. The fourth-order valence-electron chi connectivity index (χ4n) is 9.29. The lowest BCUT2D eigenvalue weighted by Gasteiger charge is -2.12. The fourth-order valence-corrected chi connectivity index (χ4v) is 10.4. The third kappa shape index (κ3) is 3.89. The predicted molar refractivity (Wildman–Crippen MR) is 232 cm³/mol. The highest BCUT2D eigenvalue weighted by Gasteiger charge is 2.25. The second-order valence-electron chi connectivity index (χ2n) is 14.5. The molecule has 0 aliphatic rings. The van der Waals surface area contributed by atoms with Gasteiger partial charge in [-0.25, -0.2) is 9.97 Å². The molecule has 0 radical (unpaired) electrons. The molecule has 5 heterocycles. The highest BCUT2D eigenvalue weighted by Crippen LogP contribution is 2.47. The lowest BCUT2D eigenvalue weighted by Crippen LogP contribution is -1.97. The molecule has 0 aliphatic heterocycles. The van der Waals surface area contributed by atoms with Crippen molar-refractivity contribution in [2.24, 2.45) is 0 Å². The Bertz CT molecular complexity index is 3700. The quantitative estimate of drug-likeness (QED) is 0.182. The Labute approximate surface area is 318 Å². The molecule has 5 heteroatoms. The van der Waals surface area contributed by atoms with Crippen molar-refractivity contribution in [2.75, 3.05) is 0 Å². The SMILES string of the molecule is c1ccc(-c2nc(-c3ccc(-n4c5c6ccccc6ccc5c5cc6c7ccccc7n7c8ccccc8c(c54)c67)cc3)nc3c2sc2ccccc23)cc1. The minimum atomic E-state index is 0.730. The van der Waals surface area contributed by atoms with Gasteiger partial charge in [-0.2, -0.15) is 0 Å². The van der Waals surface area contributed by atoms with Crippen molar-refractivity contribution in [3.8, 4) is 28.3 Å². The van der Waals surface area contributed by atoms with E-state index in [9.17, 15) is 0 Å². The second-order valence-corrected chi connectivity index (χ2v) is 15.6. The van der Waals surface area contributed by atoms with Gasteiger partial charge in [-0.05, 0) is 53.9 Å². The van der Waals surface area contributed by atoms with Crippen molar-refractivity contribution in [3.05, 3.63) is 170 Å². The average Bonchev–Trinajstić information content (AvgIpc) is 3.99. The third-order valence-electron chi connectivity index (χ3n) is 11.6. The number of rotatable bonds is 3. The van der Waals surface area contributed by atoms with Crippen LogP contribution in [0.3, 0.4) is 0 Å². The molecular weight excluding hydrogens is 689 g/mol. The maximum absolute atomic E-state index is 5.27. The second kappa shape index (κ2) is 10.8. The number of para-hydroxylation sites is 2. The molecule has 0 atom stereocenters. The number of aromatic nitrogens is 4. The molecule has 13 aromatic rings. The van der Waals surface area contributed by atoms with Crippen molar-refractivity contribution in [1.29, 1.82) is 0 Å². The molecule has 0 spiro atoms. The van der Waals surface area contributed by atoms with E-state index < -0.39 is 0 Å². The number of benzene rings is 8. The standard InChI is InChI=1S/C50H28N4S/c1-2-13-30(14-3-1)44-49-45(37-18-8-11-21-42(37)55-49)52-50(51-44)31-22-25-32(26-23-31)53-46-33-15-5-4-12-29(33)24-27-35(46)39-28-38-34-16-6-9-19-40(34)54-41-20-10-7-17-36(41)43(47(39)53)48(38)54/h1-28H. The summed E-state index contributed by atoms with van der Waals surface area (Å²) in [6.45, 7) is 0. The number of hydrogen-bond acceptors (Lipinski definition) is 3. The van der Waals surface area contributed by atoms with Gasteiger partial charge in [0.1, 0.15) is 0 Å². The lowest BCUT2D eigenvalue weighted by atomic mass is 10.0. The van der Waals surface area contributed by atoms with Crippen LogP contribution in [0.5, 0.6) is 0 Å². The molecule has 5 aromatic heterocycles. The first-order valence-corrected chi connectivity index (χ1v) is 19.5. The van der Waals surface area contributed by atoms with E-state index >= 15 is 0 Å². The summed E-state index contributed by atoms with van der Waals surface area (Å²) in [5.74, 6) is 0.730. The van der Waals surface area contributed by atoms with E-state index in [1.807, 2.05) is 0 Å². The van der Waals surface area contributed by atoms with Crippen molar-refractivity contribution in [3.63, 3.8) is 0 Å². The fraction of sp³-hybridized carbons (Fsp3) is 0. The van der Waals surface area contributed by atoms with Crippen molar-refractivity contribution in [2.45, 2.75) is 0 Å². The van der Waals surface area contributed by atoms with Crippen LogP contribution >= 0.6 is 11.3 Å². The maximum Gasteiger partial charge on any atom is 0.160 e. The summed E-state index contributed by atoms with van der Waals surface area (Å²) in [6, 6.07) is 61.5. The van der Waals surface area contributed by atoms with Gasteiger partial charge in [-0.1, -0.05) is 121 Å². The smallest absolute Gasteiger partial charge is 0.160 e. The maximum atomic E-state index is 5.27. The van der Waals surface area contributed by atoms with Gasteiger partial charge in [0.05, 0.1) is 43.5 Å². The molecule has 4 nitrogen and oxygen atoms in total. The first-order valence-electron chi connectivity index (χ1n) is 18.7. The summed E-state index contributed by atoms with van der Waals surface area (Å²) in [6.07, 6.45) is 0. The molecule has 0 aliphatic carbocycles. The molecule has 0 saturated carbocycles. The van der Waals surface area contributed by atoms with Gasteiger partial charge in [0.25, 0.3) is 0 Å². The zero-order chi connectivity index (χ0) is 35.8. The van der Waals surface area contributed by atoms with E-state index in [2.05, 4.69) is 179 Å². The van der Waals surface area contributed by atoms with Gasteiger partial charge in [0.2, 0.25) is 0 Å². The Kier molecular flexibility index (Phi) is 5.74. The van der Waals surface area contributed by atoms with E-state index in [1.54, 1.807) is 11.3 Å². The van der Waals surface area contributed by atoms with Crippen LogP contribution in [0, 0.1) is 0 Å². The summed E-state index contributed by atoms with van der Waals surface area (Å²) < 4.78 is 7.33. The molecule has 0 bridgehead atoms. The normalized spacial score (nSPS) is 12.4. The Balaban J connectivity index is 1.12. The number of hydrogen-bond donors (Lipinski definition) is 0. The van der Waals surface area contributed by atoms with Crippen LogP contribution in [0.15, 0.2) is 170 Å². The van der Waals surface area contributed by atoms with Crippen LogP contribution < -0.4 is 0 Å². The minimum Gasteiger partial charge on any atom is -0.308 e. The highest BCUT2D eigenvalue weighted by molar-refractivity contribution is 7.26. The van der Waals surface area contributed by atoms with E-state index in [0.717, 1.165) is 38.5 Å². The van der Waals surface area contributed by atoms with Gasteiger partial charge < -0.3 is 8.97 Å². The third-order valence-corrected chi connectivity index (χ3v) is 12.8. The van der Waals surface area contributed by atoms with Crippen molar-refractivity contribution >= 4 is 102 Å². The minimum absolute atomic E-state index is 0.730. The van der Waals surface area contributed by atoms with Gasteiger partial charge in [-0.15, -0.1) is 11.3 Å². The van der Waals surface area contributed by atoms with Gasteiger partial charge in [0, 0.05) is 64.6 Å². The molecule has 55 heavy (non-hydrogen) atoms. The summed E-state index contributed by atoms with van der Waals surface area (Å²) in [4.78, 5) is 10.5. The van der Waals surface area contributed by atoms with Crippen LogP contribution in [-0.4, -0.2) is 18.9 Å². The van der Waals surface area contributed by atoms with Gasteiger partial charge in [-0.3, -0.25) is 0 Å². The molecule has 0 N–H and O–H groups in total. The van der Waals surface area contributed by atoms with E-state index in [4.69, 9.17) is 9.97 Å². The Morgan fingerprint density at radius 2 is 1.11 bits per heavy atom. The van der Waals surface area contributed by atoms with Crippen LogP contribution in [0.25, 0.3) is 119 Å². The average molecular weight is 717 g/mol. The largest absolute Gasteiger partial charge is 0.308 e.